The molecule has 2 aromatic carbocycles. The number of piperidine rings is 1. The first kappa shape index (κ1) is 22.0. The van der Waals surface area contributed by atoms with Crippen molar-refractivity contribution in [2.24, 2.45) is 0 Å². The minimum atomic E-state index is 0.192. The molecule has 1 N–H and O–H groups in total. The van der Waals surface area contributed by atoms with Crippen LogP contribution in [0.2, 0.25) is 0 Å². The molecule has 0 radical (unpaired) electrons. The van der Waals surface area contributed by atoms with Crippen molar-refractivity contribution in [3.8, 4) is 23.0 Å². The van der Waals surface area contributed by atoms with E-state index in [1.807, 2.05) is 24.3 Å². The Hall–Kier alpha value is -2.78. The van der Waals surface area contributed by atoms with Crippen LogP contribution in [0, 0.1) is 0 Å². The number of benzene rings is 2. The number of halogens is 1. The number of methoxy groups -OCH3 is 1. The van der Waals surface area contributed by atoms with Gasteiger partial charge in [0.25, 0.3) is 0 Å². The number of nitrogens with zero attached hydrogens (tertiary/aromatic N) is 3. The zero-order chi connectivity index (χ0) is 22.6. The van der Waals surface area contributed by atoms with E-state index in [1.165, 1.54) is 38.7 Å². The number of hydrogen-bond donors (Lipinski definition) is 1. The summed E-state index contributed by atoms with van der Waals surface area (Å²) in [5, 5.41) is 4.19. The van der Waals surface area contributed by atoms with Crippen LogP contribution in [0.5, 0.6) is 23.0 Å². The van der Waals surface area contributed by atoms with Gasteiger partial charge in [-0.1, -0.05) is 6.42 Å². The van der Waals surface area contributed by atoms with Crippen molar-refractivity contribution < 1.29 is 18.9 Å². The normalized spacial score (nSPS) is 15.6. The molecule has 3 heterocycles. The molecule has 0 unspecified atom stereocenters. The fraction of sp³-hybridized carbons (Fsp3) is 0.417. The highest BCUT2D eigenvalue weighted by atomic mass is 79.9. The molecule has 1 aromatic heterocycles. The lowest BCUT2D eigenvalue weighted by Gasteiger charge is -2.26. The molecule has 3 aromatic rings. The van der Waals surface area contributed by atoms with Gasteiger partial charge >= 0.3 is 0 Å². The summed E-state index contributed by atoms with van der Waals surface area (Å²) in [6, 6.07) is 7.60. The fourth-order valence-electron chi connectivity index (χ4n) is 4.27. The maximum absolute atomic E-state index is 6.09. The second kappa shape index (κ2) is 10.0. The van der Waals surface area contributed by atoms with Gasteiger partial charge < -0.3 is 29.2 Å². The highest BCUT2D eigenvalue weighted by Gasteiger charge is 2.22. The van der Waals surface area contributed by atoms with Crippen molar-refractivity contribution in [3.05, 3.63) is 35.1 Å². The predicted molar refractivity (Wildman–Crippen MR) is 130 cm³/mol. The highest BCUT2D eigenvalue weighted by molar-refractivity contribution is 9.10. The number of hydrogen-bond acceptors (Lipinski definition) is 8. The Morgan fingerprint density at radius 2 is 1.97 bits per heavy atom. The number of anilines is 2. The maximum Gasteiger partial charge on any atom is 0.231 e. The number of rotatable bonds is 8. The Kier molecular flexibility index (Phi) is 6.68. The highest BCUT2D eigenvalue weighted by Crippen LogP contribution is 2.45. The molecule has 0 aliphatic carbocycles. The van der Waals surface area contributed by atoms with Crippen molar-refractivity contribution in [1.82, 2.24) is 14.9 Å². The molecule has 0 bridgehead atoms. The molecular weight excluding hydrogens is 488 g/mol. The average molecular weight is 515 g/mol. The molecule has 2 aliphatic heterocycles. The number of likely N-dealkylation sites (tertiary alicyclic amines) is 1. The molecule has 8 nitrogen and oxygen atoms in total. The molecule has 2 aliphatic rings. The van der Waals surface area contributed by atoms with Gasteiger partial charge in [0.2, 0.25) is 6.79 Å². The summed E-state index contributed by atoms with van der Waals surface area (Å²) in [6.07, 6.45) is 6.47. The van der Waals surface area contributed by atoms with E-state index in [0.717, 1.165) is 34.0 Å². The fourth-order valence-corrected chi connectivity index (χ4v) is 4.68. The SMILES string of the molecule is COc1cc2c(Nc3c(Br)ccc4c3OCO4)ncnc2cc1OCCCN1CCCCC1. The van der Waals surface area contributed by atoms with Gasteiger partial charge in [0.05, 0.1) is 19.2 Å². The van der Waals surface area contributed by atoms with Gasteiger partial charge in [-0.25, -0.2) is 9.97 Å². The van der Waals surface area contributed by atoms with Crippen LogP contribution in [0.1, 0.15) is 25.7 Å². The summed E-state index contributed by atoms with van der Waals surface area (Å²) in [5.74, 6) is 3.32. The lowest BCUT2D eigenvalue weighted by molar-refractivity contribution is 0.174. The van der Waals surface area contributed by atoms with E-state index >= 15 is 0 Å². The van der Waals surface area contributed by atoms with Gasteiger partial charge in [0.15, 0.2) is 23.0 Å². The van der Waals surface area contributed by atoms with Gasteiger partial charge in [-0.3, -0.25) is 0 Å². The van der Waals surface area contributed by atoms with Crippen molar-refractivity contribution in [1.29, 1.82) is 0 Å². The van der Waals surface area contributed by atoms with Crippen molar-refractivity contribution in [3.63, 3.8) is 0 Å². The molecule has 0 atom stereocenters. The summed E-state index contributed by atoms with van der Waals surface area (Å²) in [6.45, 7) is 4.29. The standard InChI is InChI=1S/C24H27BrN4O4/c1-30-20-12-16-18(13-21(20)31-11-5-10-29-8-3-2-4-9-29)26-14-27-24(16)28-22-17(25)6-7-19-23(22)33-15-32-19/h6-7,12-14H,2-5,8-11,15H2,1H3,(H,26,27,28). The molecule has 174 valence electrons. The van der Waals surface area contributed by atoms with Gasteiger partial charge in [0.1, 0.15) is 17.8 Å². The third-order valence-electron chi connectivity index (χ3n) is 5.98. The molecule has 0 spiro atoms. The first-order valence-corrected chi connectivity index (χ1v) is 12.1. The Morgan fingerprint density at radius 1 is 1.09 bits per heavy atom. The van der Waals surface area contributed by atoms with E-state index in [4.69, 9.17) is 18.9 Å². The quantitative estimate of drug-likeness (QED) is 0.414. The smallest absolute Gasteiger partial charge is 0.231 e. The molecule has 9 heteroatoms. The van der Waals surface area contributed by atoms with Crippen LogP contribution >= 0.6 is 15.9 Å². The van der Waals surface area contributed by atoms with Crippen LogP contribution < -0.4 is 24.3 Å². The zero-order valence-corrected chi connectivity index (χ0v) is 20.2. The van der Waals surface area contributed by atoms with Crippen LogP contribution in [0.3, 0.4) is 0 Å². The summed E-state index contributed by atoms with van der Waals surface area (Å²) in [7, 11) is 1.64. The van der Waals surface area contributed by atoms with E-state index in [0.29, 0.717) is 35.4 Å². The molecule has 0 saturated carbocycles. The molecule has 33 heavy (non-hydrogen) atoms. The minimum Gasteiger partial charge on any atom is -0.493 e. The van der Waals surface area contributed by atoms with Gasteiger partial charge in [0, 0.05) is 22.5 Å². The Labute approximate surface area is 201 Å². The summed E-state index contributed by atoms with van der Waals surface area (Å²) in [4.78, 5) is 11.4. The van der Waals surface area contributed by atoms with Gasteiger partial charge in [-0.05, 0) is 66.5 Å². The molecule has 1 fully saturated rings. The van der Waals surface area contributed by atoms with E-state index in [2.05, 4.69) is 36.1 Å². The Balaban J connectivity index is 1.35. The Morgan fingerprint density at radius 3 is 2.82 bits per heavy atom. The monoisotopic (exact) mass is 514 g/mol. The van der Waals surface area contributed by atoms with Crippen molar-refractivity contribution >= 4 is 38.3 Å². The maximum atomic E-state index is 6.09. The lowest BCUT2D eigenvalue weighted by atomic mass is 10.1. The van der Waals surface area contributed by atoms with E-state index in [1.54, 1.807) is 7.11 Å². The zero-order valence-electron chi connectivity index (χ0n) is 18.6. The molecular formula is C24H27BrN4O4. The van der Waals surface area contributed by atoms with Crippen molar-refractivity contribution in [2.75, 3.05) is 45.5 Å². The Bertz CT molecular complexity index is 1140. The number of nitrogens with one attached hydrogen (secondary N) is 1. The number of aromatic nitrogens is 2. The van der Waals surface area contributed by atoms with Crippen LogP contribution in [0.15, 0.2) is 35.1 Å². The second-order valence-corrected chi connectivity index (χ2v) is 8.98. The predicted octanol–water partition coefficient (Wildman–Crippen LogP) is 5.13. The summed E-state index contributed by atoms with van der Waals surface area (Å²) >= 11 is 3.59. The van der Waals surface area contributed by atoms with Crippen LogP contribution in [-0.2, 0) is 0 Å². The number of fused-ring (bicyclic) bond motifs is 2. The largest absolute Gasteiger partial charge is 0.493 e. The second-order valence-electron chi connectivity index (χ2n) is 8.13. The van der Waals surface area contributed by atoms with E-state index in [9.17, 15) is 0 Å². The molecule has 5 rings (SSSR count). The lowest BCUT2D eigenvalue weighted by Crippen LogP contribution is -2.31. The molecule has 0 amide bonds. The topological polar surface area (TPSA) is 78.0 Å². The van der Waals surface area contributed by atoms with Gasteiger partial charge in [-0.15, -0.1) is 0 Å². The van der Waals surface area contributed by atoms with Crippen LogP contribution in [0.4, 0.5) is 11.5 Å². The third-order valence-corrected chi connectivity index (χ3v) is 6.64. The van der Waals surface area contributed by atoms with Crippen molar-refractivity contribution in [2.45, 2.75) is 25.7 Å². The summed E-state index contributed by atoms with van der Waals surface area (Å²) < 4.78 is 23.7. The third kappa shape index (κ3) is 4.79. The first-order valence-electron chi connectivity index (χ1n) is 11.3. The summed E-state index contributed by atoms with van der Waals surface area (Å²) in [5.41, 5.74) is 1.52. The molecule has 1 saturated heterocycles. The van der Waals surface area contributed by atoms with Crippen LogP contribution in [0.25, 0.3) is 10.9 Å². The van der Waals surface area contributed by atoms with E-state index in [-0.39, 0.29) is 6.79 Å². The minimum absolute atomic E-state index is 0.192. The van der Waals surface area contributed by atoms with Crippen LogP contribution in [-0.4, -0.2) is 55.0 Å². The number of ether oxygens (including phenoxy) is 4. The average Bonchev–Trinajstić information content (AvgIpc) is 3.33. The van der Waals surface area contributed by atoms with Gasteiger partial charge in [-0.2, -0.15) is 0 Å². The first-order chi connectivity index (χ1) is 16.2. The van der Waals surface area contributed by atoms with E-state index < -0.39 is 0 Å².